The smallest absolute Gasteiger partial charge is 0.104 e. The summed E-state index contributed by atoms with van der Waals surface area (Å²) in [6.07, 6.45) is 9.39. The van der Waals surface area contributed by atoms with Crippen LogP contribution in [0.25, 0.3) is 0 Å². The zero-order valence-corrected chi connectivity index (χ0v) is 13.0. The Kier molecular flexibility index (Phi) is 6.82. The summed E-state index contributed by atoms with van der Waals surface area (Å²) in [5, 5.41) is 9.07. The van der Waals surface area contributed by atoms with Crippen LogP contribution in [-0.2, 0) is 0 Å². The van der Waals surface area contributed by atoms with E-state index in [0.29, 0.717) is 0 Å². The molecule has 1 rings (SSSR count). The van der Waals surface area contributed by atoms with Crippen molar-refractivity contribution in [3.63, 3.8) is 0 Å². The van der Waals surface area contributed by atoms with Crippen LogP contribution in [0.15, 0.2) is 0 Å². The predicted octanol–water partition coefficient (Wildman–Crippen LogP) is 3.30. The summed E-state index contributed by atoms with van der Waals surface area (Å²) >= 11 is 0. The summed E-state index contributed by atoms with van der Waals surface area (Å²) in [5.74, 6) is 0.958. The molecule has 0 saturated heterocycles. The summed E-state index contributed by atoms with van der Waals surface area (Å²) in [4.78, 5) is 2.49. The highest BCUT2D eigenvalue weighted by Gasteiger charge is 2.24. The van der Waals surface area contributed by atoms with E-state index in [0.717, 1.165) is 37.8 Å². The van der Waals surface area contributed by atoms with Crippen LogP contribution in [0.4, 0.5) is 0 Å². The minimum absolute atomic E-state index is 0.610. The molecule has 3 heteroatoms. The highest BCUT2D eigenvalue weighted by atomic mass is 15.1. The molecule has 0 aliphatic heterocycles. The molecule has 3 nitrogen and oxygen atoms in total. The van der Waals surface area contributed by atoms with Crippen molar-refractivity contribution in [2.75, 3.05) is 13.6 Å². The van der Waals surface area contributed by atoms with E-state index in [4.69, 9.17) is 11.0 Å². The van der Waals surface area contributed by atoms with Crippen molar-refractivity contribution >= 4 is 0 Å². The Morgan fingerprint density at radius 3 is 2.37 bits per heavy atom. The minimum atomic E-state index is -0.610. The monoisotopic (exact) mass is 265 g/mol. The molecule has 0 aromatic rings. The lowest BCUT2D eigenvalue weighted by Gasteiger charge is -2.34. The van der Waals surface area contributed by atoms with Crippen molar-refractivity contribution in [3.8, 4) is 6.07 Å². The second kappa shape index (κ2) is 7.87. The van der Waals surface area contributed by atoms with Gasteiger partial charge in [0.25, 0.3) is 0 Å². The maximum atomic E-state index is 9.07. The van der Waals surface area contributed by atoms with Crippen LogP contribution in [0.1, 0.15) is 65.2 Å². The molecular weight excluding hydrogens is 234 g/mol. The van der Waals surface area contributed by atoms with Gasteiger partial charge in [-0.3, -0.25) is 0 Å². The second-order valence-corrected chi connectivity index (χ2v) is 6.29. The van der Waals surface area contributed by atoms with E-state index in [1.54, 1.807) is 0 Å². The van der Waals surface area contributed by atoms with Gasteiger partial charge < -0.3 is 10.6 Å². The van der Waals surface area contributed by atoms with Gasteiger partial charge in [-0.15, -0.1) is 0 Å². The van der Waals surface area contributed by atoms with E-state index in [1.807, 2.05) is 6.92 Å². The normalized spacial score (nSPS) is 26.9. The number of hydrogen-bond donors (Lipinski definition) is 1. The van der Waals surface area contributed by atoms with Crippen LogP contribution in [-0.4, -0.2) is 30.1 Å². The SMILES string of the molecule is CCC1CCC(N(C)CCCC(N)(C#N)CC)CC1. The highest BCUT2D eigenvalue weighted by Crippen LogP contribution is 2.29. The molecule has 0 spiro atoms. The van der Waals surface area contributed by atoms with Crippen molar-refractivity contribution in [1.82, 2.24) is 4.90 Å². The molecule has 0 bridgehead atoms. The summed E-state index contributed by atoms with van der Waals surface area (Å²) in [5.41, 5.74) is 5.41. The topological polar surface area (TPSA) is 53.0 Å². The Bertz CT molecular complexity index is 289. The fourth-order valence-corrected chi connectivity index (χ4v) is 3.13. The Balaban J connectivity index is 2.25. The van der Waals surface area contributed by atoms with Gasteiger partial charge in [0.1, 0.15) is 5.54 Å². The molecule has 0 aromatic heterocycles. The van der Waals surface area contributed by atoms with E-state index in [9.17, 15) is 0 Å². The minimum Gasteiger partial charge on any atom is -0.313 e. The first-order valence-corrected chi connectivity index (χ1v) is 7.95. The third-order valence-electron chi connectivity index (χ3n) is 5.00. The van der Waals surface area contributed by atoms with E-state index in [-0.39, 0.29) is 0 Å². The molecule has 1 aliphatic carbocycles. The number of nitrogens with two attached hydrogens (primary N) is 1. The van der Waals surface area contributed by atoms with Crippen molar-refractivity contribution in [1.29, 1.82) is 5.26 Å². The summed E-state index contributed by atoms with van der Waals surface area (Å²) in [6, 6.07) is 3.00. The number of rotatable bonds is 7. The van der Waals surface area contributed by atoms with Gasteiger partial charge in [-0.1, -0.05) is 20.3 Å². The van der Waals surface area contributed by atoms with E-state index in [2.05, 4.69) is 24.9 Å². The molecule has 0 radical (unpaired) electrons. The third-order valence-corrected chi connectivity index (χ3v) is 5.00. The van der Waals surface area contributed by atoms with Gasteiger partial charge in [-0.2, -0.15) is 5.26 Å². The molecule has 1 aliphatic rings. The Labute approximate surface area is 119 Å². The summed E-state index contributed by atoms with van der Waals surface area (Å²) in [6.45, 7) is 5.38. The standard InChI is InChI=1S/C16H31N3/c1-4-14-7-9-15(10-8-14)19(3)12-6-11-16(18,5-2)13-17/h14-15H,4-12,18H2,1-3H3. The van der Waals surface area contributed by atoms with E-state index >= 15 is 0 Å². The molecule has 0 heterocycles. The Morgan fingerprint density at radius 2 is 1.89 bits per heavy atom. The summed E-state index contributed by atoms with van der Waals surface area (Å²) in [7, 11) is 2.23. The molecule has 0 amide bonds. The lowest BCUT2D eigenvalue weighted by atomic mass is 9.84. The van der Waals surface area contributed by atoms with Gasteiger partial charge in [0.2, 0.25) is 0 Å². The zero-order chi connectivity index (χ0) is 14.3. The lowest BCUT2D eigenvalue weighted by Crippen LogP contribution is -2.40. The Hall–Kier alpha value is -0.590. The fraction of sp³-hybridized carbons (Fsp3) is 0.938. The fourth-order valence-electron chi connectivity index (χ4n) is 3.13. The molecule has 1 fully saturated rings. The van der Waals surface area contributed by atoms with Gasteiger partial charge in [-0.25, -0.2) is 0 Å². The van der Waals surface area contributed by atoms with Gasteiger partial charge in [-0.05, 0) is 64.5 Å². The average molecular weight is 265 g/mol. The zero-order valence-electron chi connectivity index (χ0n) is 13.0. The molecular formula is C16H31N3. The lowest BCUT2D eigenvalue weighted by molar-refractivity contribution is 0.159. The van der Waals surface area contributed by atoms with Crippen LogP contribution >= 0.6 is 0 Å². The van der Waals surface area contributed by atoms with Crippen molar-refractivity contribution in [2.24, 2.45) is 11.7 Å². The molecule has 1 unspecified atom stereocenters. The average Bonchev–Trinajstić information content (AvgIpc) is 2.47. The first-order chi connectivity index (χ1) is 9.04. The van der Waals surface area contributed by atoms with Gasteiger partial charge in [0, 0.05) is 6.04 Å². The number of nitrogens with zero attached hydrogens (tertiary/aromatic N) is 2. The van der Waals surface area contributed by atoms with Crippen molar-refractivity contribution < 1.29 is 0 Å². The van der Waals surface area contributed by atoms with E-state index in [1.165, 1.54) is 32.1 Å². The van der Waals surface area contributed by atoms with Gasteiger partial charge in [0.15, 0.2) is 0 Å². The maximum Gasteiger partial charge on any atom is 0.104 e. The third kappa shape index (κ3) is 5.12. The van der Waals surface area contributed by atoms with Crippen LogP contribution in [0.5, 0.6) is 0 Å². The van der Waals surface area contributed by atoms with Crippen LogP contribution in [0.2, 0.25) is 0 Å². The molecule has 1 saturated carbocycles. The molecule has 19 heavy (non-hydrogen) atoms. The molecule has 2 N–H and O–H groups in total. The first kappa shape index (κ1) is 16.5. The first-order valence-electron chi connectivity index (χ1n) is 7.95. The summed E-state index contributed by atoms with van der Waals surface area (Å²) < 4.78 is 0. The molecule has 0 aromatic carbocycles. The number of nitriles is 1. The highest BCUT2D eigenvalue weighted by molar-refractivity contribution is 5.03. The van der Waals surface area contributed by atoms with Crippen LogP contribution in [0, 0.1) is 17.2 Å². The Morgan fingerprint density at radius 1 is 1.26 bits per heavy atom. The number of hydrogen-bond acceptors (Lipinski definition) is 3. The quantitative estimate of drug-likeness (QED) is 0.768. The van der Waals surface area contributed by atoms with Crippen molar-refractivity contribution in [2.45, 2.75) is 76.8 Å². The second-order valence-electron chi connectivity index (χ2n) is 6.29. The van der Waals surface area contributed by atoms with Crippen LogP contribution < -0.4 is 5.73 Å². The van der Waals surface area contributed by atoms with Crippen LogP contribution in [0.3, 0.4) is 0 Å². The van der Waals surface area contributed by atoms with Gasteiger partial charge in [0.05, 0.1) is 6.07 Å². The largest absolute Gasteiger partial charge is 0.313 e. The molecule has 1 atom stereocenters. The molecule has 110 valence electrons. The van der Waals surface area contributed by atoms with Crippen molar-refractivity contribution in [3.05, 3.63) is 0 Å². The van der Waals surface area contributed by atoms with Gasteiger partial charge >= 0.3 is 0 Å². The van der Waals surface area contributed by atoms with E-state index < -0.39 is 5.54 Å². The predicted molar refractivity (Wildman–Crippen MR) is 80.7 cm³/mol. The maximum absolute atomic E-state index is 9.07.